The molecule has 0 amide bonds. The zero-order chi connectivity index (χ0) is 13.8. The van der Waals surface area contributed by atoms with E-state index in [1.54, 1.807) is 19.5 Å². The monoisotopic (exact) mass is 254 g/mol. The van der Waals surface area contributed by atoms with E-state index in [0.717, 1.165) is 11.3 Å². The Bertz CT molecular complexity index is 642. The molecule has 0 atom stereocenters. The minimum atomic E-state index is -0.156. The molecule has 1 aromatic carbocycles. The second-order valence-corrected chi connectivity index (χ2v) is 4.54. The van der Waals surface area contributed by atoms with Crippen molar-refractivity contribution in [1.29, 1.82) is 0 Å². The lowest BCUT2D eigenvalue weighted by atomic mass is 10.0. The standard InChI is InChI=1S/C16H16NO2/c1-12-10-14(11-16(19)17(12)2)15(18)9-8-13-6-4-3-5-7-13/h3-7,9-11H,8H2,1-2H3. The zero-order valence-electron chi connectivity index (χ0n) is 11.1. The third-order valence-corrected chi connectivity index (χ3v) is 3.15. The van der Waals surface area contributed by atoms with E-state index < -0.39 is 0 Å². The van der Waals surface area contributed by atoms with Gasteiger partial charge in [0, 0.05) is 30.8 Å². The average molecular weight is 254 g/mol. The van der Waals surface area contributed by atoms with Gasteiger partial charge >= 0.3 is 0 Å². The average Bonchev–Trinajstić information content (AvgIpc) is 2.42. The largest absolute Gasteiger partial charge is 0.316 e. The fourth-order valence-corrected chi connectivity index (χ4v) is 1.85. The maximum Gasteiger partial charge on any atom is 0.251 e. The summed E-state index contributed by atoms with van der Waals surface area (Å²) in [6.45, 7) is 1.81. The third-order valence-electron chi connectivity index (χ3n) is 3.15. The van der Waals surface area contributed by atoms with Gasteiger partial charge in [0.2, 0.25) is 0 Å². The van der Waals surface area contributed by atoms with Crippen LogP contribution in [0.1, 0.15) is 21.6 Å². The summed E-state index contributed by atoms with van der Waals surface area (Å²) in [6, 6.07) is 12.9. The van der Waals surface area contributed by atoms with Crippen molar-refractivity contribution < 1.29 is 4.79 Å². The third kappa shape index (κ3) is 3.19. The Morgan fingerprint density at radius 3 is 2.53 bits per heavy atom. The molecule has 19 heavy (non-hydrogen) atoms. The molecule has 0 spiro atoms. The molecule has 1 aromatic heterocycles. The van der Waals surface area contributed by atoms with Crippen molar-refractivity contribution in [3.05, 3.63) is 76.1 Å². The number of Topliss-reactive ketones (excluding diaryl/α,β-unsaturated/α-hetero) is 1. The van der Waals surface area contributed by atoms with Crippen LogP contribution in [0, 0.1) is 13.3 Å². The van der Waals surface area contributed by atoms with Gasteiger partial charge in [-0.2, -0.15) is 0 Å². The predicted octanol–water partition coefficient (Wildman–Crippen LogP) is 2.32. The molecule has 3 heteroatoms. The minimum Gasteiger partial charge on any atom is -0.316 e. The molecule has 2 rings (SSSR count). The lowest BCUT2D eigenvalue weighted by Gasteiger charge is -2.06. The highest BCUT2D eigenvalue weighted by Crippen LogP contribution is 2.07. The molecule has 0 unspecified atom stereocenters. The first-order valence-electron chi connectivity index (χ1n) is 6.17. The summed E-state index contributed by atoms with van der Waals surface area (Å²) in [4.78, 5) is 23.7. The van der Waals surface area contributed by atoms with Gasteiger partial charge in [0.05, 0.1) is 0 Å². The summed E-state index contributed by atoms with van der Waals surface area (Å²) in [7, 11) is 1.69. The summed E-state index contributed by atoms with van der Waals surface area (Å²) < 4.78 is 1.52. The molecule has 97 valence electrons. The zero-order valence-corrected chi connectivity index (χ0v) is 11.1. The predicted molar refractivity (Wildman–Crippen MR) is 75.2 cm³/mol. The maximum absolute atomic E-state index is 12.0. The van der Waals surface area contributed by atoms with Gasteiger partial charge in [0.25, 0.3) is 5.56 Å². The number of pyridine rings is 1. The lowest BCUT2D eigenvalue weighted by Crippen LogP contribution is -2.20. The SMILES string of the molecule is Cc1cc(C(=O)[CH]Cc2ccccc2)cc(=O)n1C. The highest BCUT2D eigenvalue weighted by atomic mass is 16.1. The van der Waals surface area contributed by atoms with Gasteiger partial charge in [0.15, 0.2) is 5.78 Å². The quantitative estimate of drug-likeness (QED) is 0.785. The van der Waals surface area contributed by atoms with E-state index in [1.807, 2.05) is 37.3 Å². The summed E-state index contributed by atoms with van der Waals surface area (Å²) in [5.74, 6) is -0.107. The van der Waals surface area contributed by atoms with Crippen LogP contribution in [-0.2, 0) is 13.5 Å². The molecule has 0 aliphatic rings. The van der Waals surface area contributed by atoms with Crippen molar-refractivity contribution in [2.45, 2.75) is 13.3 Å². The van der Waals surface area contributed by atoms with Crippen molar-refractivity contribution in [1.82, 2.24) is 4.57 Å². The Hall–Kier alpha value is -2.16. The highest BCUT2D eigenvalue weighted by Gasteiger charge is 2.09. The van der Waals surface area contributed by atoms with Gasteiger partial charge in [-0.1, -0.05) is 30.3 Å². The van der Waals surface area contributed by atoms with E-state index >= 15 is 0 Å². The van der Waals surface area contributed by atoms with Crippen LogP contribution in [0.2, 0.25) is 0 Å². The number of carbonyl (C=O) groups excluding carboxylic acids is 1. The first-order valence-corrected chi connectivity index (χ1v) is 6.17. The van der Waals surface area contributed by atoms with Crippen molar-refractivity contribution >= 4 is 5.78 Å². The Balaban J connectivity index is 2.11. The van der Waals surface area contributed by atoms with Gasteiger partial charge in [-0.15, -0.1) is 0 Å². The number of carbonyl (C=O) groups is 1. The molecule has 3 nitrogen and oxygen atoms in total. The number of aromatic nitrogens is 1. The minimum absolute atomic E-state index is 0.107. The molecule has 2 aromatic rings. The van der Waals surface area contributed by atoms with Crippen LogP contribution in [0.4, 0.5) is 0 Å². The number of nitrogens with zero attached hydrogens (tertiary/aromatic N) is 1. The Kier molecular flexibility index (Phi) is 3.95. The number of hydrogen-bond donors (Lipinski definition) is 0. The summed E-state index contributed by atoms with van der Waals surface area (Å²) in [5, 5.41) is 0. The van der Waals surface area contributed by atoms with Crippen LogP contribution in [0.5, 0.6) is 0 Å². The molecule has 0 aliphatic carbocycles. The smallest absolute Gasteiger partial charge is 0.251 e. The van der Waals surface area contributed by atoms with Crippen LogP contribution >= 0.6 is 0 Å². The highest BCUT2D eigenvalue weighted by molar-refractivity contribution is 6.02. The van der Waals surface area contributed by atoms with E-state index in [0.29, 0.717) is 12.0 Å². The van der Waals surface area contributed by atoms with Crippen molar-refractivity contribution in [2.24, 2.45) is 7.05 Å². The topological polar surface area (TPSA) is 39.1 Å². The Morgan fingerprint density at radius 1 is 1.21 bits per heavy atom. The van der Waals surface area contributed by atoms with Crippen LogP contribution in [0.15, 0.2) is 47.3 Å². The molecular weight excluding hydrogens is 238 g/mol. The Morgan fingerprint density at radius 2 is 1.89 bits per heavy atom. The van der Waals surface area contributed by atoms with E-state index in [-0.39, 0.29) is 11.3 Å². The van der Waals surface area contributed by atoms with E-state index in [2.05, 4.69) is 0 Å². The molecule has 0 saturated carbocycles. The van der Waals surface area contributed by atoms with Gasteiger partial charge in [-0.25, -0.2) is 0 Å². The van der Waals surface area contributed by atoms with Crippen LogP contribution in [0.3, 0.4) is 0 Å². The number of hydrogen-bond acceptors (Lipinski definition) is 2. The molecule has 0 bridgehead atoms. The molecule has 1 heterocycles. The molecule has 0 fully saturated rings. The molecular formula is C16H16NO2. The second-order valence-electron chi connectivity index (χ2n) is 4.54. The van der Waals surface area contributed by atoms with Crippen LogP contribution in [0.25, 0.3) is 0 Å². The van der Waals surface area contributed by atoms with Gasteiger partial charge < -0.3 is 4.57 Å². The normalized spacial score (nSPS) is 10.4. The fourth-order valence-electron chi connectivity index (χ4n) is 1.85. The summed E-state index contributed by atoms with van der Waals surface area (Å²) in [6.07, 6.45) is 2.19. The van der Waals surface area contributed by atoms with Crippen LogP contribution < -0.4 is 5.56 Å². The number of ketones is 1. The molecule has 1 radical (unpaired) electrons. The summed E-state index contributed by atoms with van der Waals surface area (Å²) >= 11 is 0. The molecule has 0 N–H and O–H groups in total. The Labute approximate surface area is 112 Å². The number of benzene rings is 1. The van der Waals surface area contributed by atoms with Crippen LogP contribution in [-0.4, -0.2) is 10.4 Å². The van der Waals surface area contributed by atoms with E-state index in [1.165, 1.54) is 10.6 Å². The van der Waals surface area contributed by atoms with E-state index in [9.17, 15) is 9.59 Å². The molecule has 0 saturated heterocycles. The lowest BCUT2D eigenvalue weighted by molar-refractivity contribution is 0.102. The van der Waals surface area contributed by atoms with Gasteiger partial charge in [0.1, 0.15) is 0 Å². The van der Waals surface area contributed by atoms with Crippen molar-refractivity contribution in [3.63, 3.8) is 0 Å². The van der Waals surface area contributed by atoms with Crippen molar-refractivity contribution in [3.8, 4) is 0 Å². The number of aryl methyl sites for hydroxylation is 1. The van der Waals surface area contributed by atoms with Crippen molar-refractivity contribution in [2.75, 3.05) is 0 Å². The van der Waals surface area contributed by atoms with Gasteiger partial charge in [-0.05, 0) is 25.0 Å². The first kappa shape index (κ1) is 13.3. The number of rotatable bonds is 4. The maximum atomic E-state index is 12.0. The summed E-state index contributed by atoms with van der Waals surface area (Å²) in [5.41, 5.74) is 2.16. The fraction of sp³-hybridized carbons (Fsp3) is 0.188. The molecule has 0 aliphatic heterocycles. The second kappa shape index (κ2) is 5.65. The van der Waals surface area contributed by atoms with E-state index in [4.69, 9.17) is 0 Å². The van der Waals surface area contributed by atoms with Gasteiger partial charge in [-0.3, -0.25) is 9.59 Å². The first-order chi connectivity index (χ1) is 9.08.